The van der Waals surface area contributed by atoms with Gasteiger partial charge in [0.2, 0.25) is 0 Å². The Bertz CT molecular complexity index is 788. The summed E-state index contributed by atoms with van der Waals surface area (Å²) >= 11 is 0. The Hall–Kier alpha value is -3.08. The summed E-state index contributed by atoms with van der Waals surface area (Å²) < 4.78 is 0. The van der Waals surface area contributed by atoms with Gasteiger partial charge in [0.15, 0.2) is 0 Å². The van der Waals surface area contributed by atoms with E-state index in [0.717, 1.165) is 5.39 Å². The second-order valence-corrected chi connectivity index (χ2v) is 4.50. The lowest BCUT2D eigenvalue weighted by Crippen LogP contribution is -2.19. The minimum Gasteiger partial charge on any atom is -0.507 e. The number of hydrogen-bond acceptors (Lipinski definition) is 3. The predicted molar refractivity (Wildman–Crippen MR) is 82.5 cm³/mol. The summed E-state index contributed by atoms with van der Waals surface area (Å²) in [5.74, 6) is 0.184. The fourth-order valence-electron chi connectivity index (χ4n) is 2.12. The highest BCUT2D eigenvalue weighted by atomic mass is 16.3. The van der Waals surface area contributed by atoms with Gasteiger partial charge in [0.1, 0.15) is 5.75 Å². The molecular formula is C16H13N3O2. The first kappa shape index (κ1) is 12.9. The van der Waals surface area contributed by atoms with Crippen molar-refractivity contribution in [3.05, 3.63) is 60.9 Å². The number of nitrogens with zero attached hydrogens (tertiary/aromatic N) is 1. The van der Waals surface area contributed by atoms with E-state index in [0.29, 0.717) is 16.8 Å². The highest BCUT2D eigenvalue weighted by Gasteiger charge is 2.07. The minimum absolute atomic E-state index is 0.184. The molecule has 2 aromatic carbocycles. The van der Waals surface area contributed by atoms with Crippen molar-refractivity contribution in [2.24, 2.45) is 0 Å². The smallest absolute Gasteiger partial charge is 0.323 e. The van der Waals surface area contributed by atoms with E-state index in [-0.39, 0.29) is 11.8 Å². The van der Waals surface area contributed by atoms with Gasteiger partial charge in [-0.15, -0.1) is 0 Å². The summed E-state index contributed by atoms with van der Waals surface area (Å²) in [6.07, 6.45) is 3.20. The van der Waals surface area contributed by atoms with E-state index < -0.39 is 0 Å². The molecule has 2 amide bonds. The average Bonchev–Trinajstić information content (AvgIpc) is 2.49. The monoisotopic (exact) mass is 279 g/mol. The van der Waals surface area contributed by atoms with Crippen molar-refractivity contribution >= 4 is 28.2 Å². The van der Waals surface area contributed by atoms with Crippen LogP contribution in [-0.2, 0) is 0 Å². The first-order valence-electron chi connectivity index (χ1n) is 6.43. The predicted octanol–water partition coefficient (Wildman–Crippen LogP) is 3.58. The number of carbonyl (C=O) groups excluding carboxylic acids is 1. The van der Waals surface area contributed by atoms with Gasteiger partial charge in [-0.05, 0) is 24.3 Å². The fourth-order valence-corrected chi connectivity index (χ4v) is 2.12. The molecule has 0 spiro atoms. The summed E-state index contributed by atoms with van der Waals surface area (Å²) in [5, 5.41) is 16.8. The SMILES string of the molecule is O=C(Nc1cccnc1)Nc1cccc2c(O)cccc12. The highest BCUT2D eigenvalue weighted by molar-refractivity contribution is 6.07. The Morgan fingerprint density at radius 2 is 1.76 bits per heavy atom. The van der Waals surface area contributed by atoms with E-state index in [2.05, 4.69) is 15.6 Å². The van der Waals surface area contributed by atoms with Gasteiger partial charge in [-0.2, -0.15) is 0 Å². The summed E-state index contributed by atoms with van der Waals surface area (Å²) in [5.41, 5.74) is 1.24. The number of benzene rings is 2. The molecule has 3 aromatic rings. The number of rotatable bonds is 2. The van der Waals surface area contributed by atoms with Gasteiger partial charge < -0.3 is 15.7 Å². The largest absolute Gasteiger partial charge is 0.507 e. The Morgan fingerprint density at radius 3 is 2.57 bits per heavy atom. The maximum absolute atomic E-state index is 12.0. The second-order valence-electron chi connectivity index (χ2n) is 4.50. The molecule has 3 rings (SSSR count). The van der Waals surface area contributed by atoms with Gasteiger partial charge >= 0.3 is 6.03 Å². The number of carbonyl (C=O) groups is 1. The fraction of sp³-hybridized carbons (Fsp3) is 0. The molecule has 104 valence electrons. The Labute approximate surface area is 121 Å². The molecule has 21 heavy (non-hydrogen) atoms. The number of phenols is 1. The summed E-state index contributed by atoms with van der Waals surface area (Å²) in [7, 11) is 0. The van der Waals surface area contributed by atoms with Gasteiger partial charge in [0, 0.05) is 17.0 Å². The number of phenolic OH excluding ortho intramolecular Hbond substituents is 1. The van der Waals surface area contributed by atoms with E-state index in [1.165, 1.54) is 0 Å². The van der Waals surface area contributed by atoms with Crippen molar-refractivity contribution in [1.29, 1.82) is 0 Å². The van der Waals surface area contributed by atoms with E-state index in [1.807, 2.05) is 6.07 Å². The van der Waals surface area contributed by atoms with Gasteiger partial charge in [-0.1, -0.05) is 24.3 Å². The van der Waals surface area contributed by atoms with E-state index >= 15 is 0 Å². The van der Waals surface area contributed by atoms with Crippen LogP contribution in [0.25, 0.3) is 10.8 Å². The van der Waals surface area contributed by atoms with Gasteiger partial charge in [0.05, 0.1) is 17.6 Å². The quantitative estimate of drug-likeness (QED) is 0.671. The Morgan fingerprint density at radius 1 is 0.952 bits per heavy atom. The van der Waals surface area contributed by atoms with Crippen molar-refractivity contribution in [2.45, 2.75) is 0 Å². The van der Waals surface area contributed by atoms with Crippen LogP contribution in [0.4, 0.5) is 16.2 Å². The Kier molecular flexibility index (Phi) is 3.39. The number of anilines is 2. The van der Waals surface area contributed by atoms with Crippen LogP contribution in [0.5, 0.6) is 5.75 Å². The second kappa shape index (κ2) is 5.50. The molecule has 0 saturated heterocycles. The van der Waals surface area contributed by atoms with Crippen molar-refractivity contribution in [3.8, 4) is 5.75 Å². The van der Waals surface area contributed by atoms with Crippen molar-refractivity contribution < 1.29 is 9.90 Å². The van der Waals surface area contributed by atoms with Gasteiger partial charge in [-0.25, -0.2) is 4.79 Å². The molecule has 0 aliphatic heterocycles. The third-order valence-corrected chi connectivity index (χ3v) is 3.07. The maximum Gasteiger partial charge on any atom is 0.323 e. The molecule has 0 saturated carbocycles. The number of amides is 2. The molecule has 1 heterocycles. The zero-order valence-electron chi connectivity index (χ0n) is 11.1. The van der Waals surface area contributed by atoms with E-state index in [1.54, 1.807) is 54.9 Å². The molecular weight excluding hydrogens is 266 g/mol. The molecule has 0 radical (unpaired) electrons. The number of aromatic hydroxyl groups is 1. The lowest BCUT2D eigenvalue weighted by molar-refractivity contribution is 0.262. The number of urea groups is 1. The molecule has 5 nitrogen and oxygen atoms in total. The highest BCUT2D eigenvalue weighted by Crippen LogP contribution is 2.29. The first-order valence-corrected chi connectivity index (χ1v) is 6.43. The molecule has 1 aromatic heterocycles. The zero-order valence-corrected chi connectivity index (χ0v) is 11.1. The lowest BCUT2D eigenvalue weighted by atomic mass is 10.1. The summed E-state index contributed by atoms with van der Waals surface area (Å²) in [6.45, 7) is 0. The molecule has 0 unspecified atom stereocenters. The van der Waals surface area contributed by atoms with Crippen molar-refractivity contribution in [2.75, 3.05) is 10.6 Å². The van der Waals surface area contributed by atoms with Crippen LogP contribution in [0.3, 0.4) is 0 Å². The van der Waals surface area contributed by atoms with Crippen molar-refractivity contribution in [3.63, 3.8) is 0 Å². The molecule has 0 aliphatic carbocycles. The molecule has 0 bridgehead atoms. The van der Waals surface area contributed by atoms with Gasteiger partial charge in [-0.3, -0.25) is 4.98 Å². The third kappa shape index (κ3) is 2.76. The van der Waals surface area contributed by atoms with E-state index in [9.17, 15) is 9.90 Å². The van der Waals surface area contributed by atoms with E-state index in [4.69, 9.17) is 0 Å². The number of nitrogens with one attached hydrogen (secondary N) is 2. The van der Waals surface area contributed by atoms with Crippen LogP contribution < -0.4 is 10.6 Å². The minimum atomic E-state index is -0.362. The standard InChI is InChI=1S/C16H13N3O2/c20-15-8-2-5-12-13(15)6-1-7-14(12)19-16(21)18-11-4-3-9-17-10-11/h1-10,20H,(H2,18,19,21). The summed E-state index contributed by atoms with van der Waals surface area (Å²) in [6, 6.07) is 13.7. The molecule has 0 aliphatic rings. The number of hydrogen-bond donors (Lipinski definition) is 3. The number of pyridine rings is 1. The number of aromatic nitrogens is 1. The van der Waals surface area contributed by atoms with Crippen LogP contribution in [-0.4, -0.2) is 16.1 Å². The first-order chi connectivity index (χ1) is 10.2. The number of fused-ring (bicyclic) bond motifs is 1. The maximum atomic E-state index is 12.0. The summed E-state index contributed by atoms with van der Waals surface area (Å²) in [4.78, 5) is 15.9. The lowest BCUT2D eigenvalue weighted by Gasteiger charge is -2.10. The molecule has 3 N–H and O–H groups in total. The molecule has 5 heteroatoms. The van der Waals surface area contributed by atoms with Crippen LogP contribution in [0.15, 0.2) is 60.9 Å². The topological polar surface area (TPSA) is 74.2 Å². The third-order valence-electron chi connectivity index (χ3n) is 3.07. The Balaban J connectivity index is 1.85. The van der Waals surface area contributed by atoms with Crippen LogP contribution in [0, 0.1) is 0 Å². The van der Waals surface area contributed by atoms with Crippen molar-refractivity contribution in [1.82, 2.24) is 4.98 Å². The normalized spacial score (nSPS) is 10.3. The average molecular weight is 279 g/mol. The van der Waals surface area contributed by atoms with Crippen LogP contribution >= 0.6 is 0 Å². The van der Waals surface area contributed by atoms with Crippen LogP contribution in [0.1, 0.15) is 0 Å². The van der Waals surface area contributed by atoms with Gasteiger partial charge in [0.25, 0.3) is 0 Å². The molecule has 0 fully saturated rings. The zero-order chi connectivity index (χ0) is 14.7. The van der Waals surface area contributed by atoms with Crippen LogP contribution in [0.2, 0.25) is 0 Å². The molecule has 0 atom stereocenters.